The fourth-order valence-electron chi connectivity index (χ4n) is 6.82. The first kappa shape index (κ1) is 35.7. The maximum atomic E-state index is 12.9. The summed E-state index contributed by atoms with van der Waals surface area (Å²) >= 11 is 15.7. The minimum Gasteiger partial charge on any atom is -1.00 e. The summed E-state index contributed by atoms with van der Waals surface area (Å²) in [5, 5.41) is 12.0. The Morgan fingerprint density at radius 1 is 0.739 bits per heavy atom. The molecule has 14 heteroatoms. The maximum absolute atomic E-state index is 12.9. The summed E-state index contributed by atoms with van der Waals surface area (Å²) in [6.07, 6.45) is 11.9. The summed E-state index contributed by atoms with van der Waals surface area (Å²) in [6.45, 7) is 1.51. The van der Waals surface area contributed by atoms with E-state index in [9.17, 15) is 19.5 Å². The van der Waals surface area contributed by atoms with Crippen LogP contribution in [0.5, 0.6) is 0 Å². The Balaban J connectivity index is 0.000000200. The summed E-state index contributed by atoms with van der Waals surface area (Å²) < 4.78 is 3.71. The molecule has 2 aliphatic carbocycles. The molecule has 0 bridgehead atoms. The molecule has 0 saturated carbocycles. The van der Waals surface area contributed by atoms with Gasteiger partial charge in [0.1, 0.15) is 27.6 Å². The van der Waals surface area contributed by atoms with Gasteiger partial charge in [0.25, 0.3) is 11.1 Å². The third-order valence-electron chi connectivity index (χ3n) is 9.19. The molecular formula is C32H33BCl2N4NaO4S2. The average molecular weight is 706 g/mol. The number of allylic oxidation sites excluding steroid dienone is 1. The number of fused-ring (bicyclic) bond motifs is 8. The molecule has 4 aliphatic rings. The van der Waals surface area contributed by atoms with Gasteiger partial charge in [-0.05, 0) is 68.1 Å². The molecule has 8 nitrogen and oxygen atoms in total. The van der Waals surface area contributed by atoms with Gasteiger partial charge in [0.05, 0.1) is 37.2 Å². The van der Waals surface area contributed by atoms with Gasteiger partial charge in [-0.25, -0.2) is 9.97 Å². The van der Waals surface area contributed by atoms with Crippen molar-refractivity contribution in [1.29, 1.82) is 0 Å². The van der Waals surface area contributed by atoms with Gasteiger partial charge >= 0.3 is 29.6 Å². The molecule has 3 radical (unpaired) electrons. The predicted molar refractivity (Wildman–Crippen MR) is 185 cm³/mol. The number of aliphatic hydroxyl groups excluding tert-OH is 1. The summed E-state index contributed by atoms with van der Waals surface area (Å²) in [6, 6.07) is 0. The van der Waals surface area contributed by atoms with Gasteiger partial charge in [0, 0.05) is 39.9 Å². The van der Waals surface area contributed by atoms with E-state index >= 15 is 0 Å². The van der Waals surface area contributed by atoms with Crippen molar-refractivity contribution in [3.8, 4) is 0 Å². The summed E-state index contributed by atoms with van der Waals surface area (Å²) in [4.78, 5) is 49.8. The molecule has 0 atom stereocenters. The first-order chi connectivity index (χ1) is 21.4. The molecule has 1 N–H and O–H groups in total. The van der Waals surface area contributed by atoms with E-state index in [4.69, 9.17) is 33.2 Å². The Hall–Kier alpha value is -1.57. The molecule has 0 spiro atoms. The van der Waals surface area contributed by atoms with Crippen molar-refractivity contribution >= 4 is 91.1 Å². The van der Waals surface area contributed by atoms with Crippen LogP contribution in [0.25, 0.3) is 30.5 Å². The number of nitrogens with zero attached hydrogens (tertiary/aromatic N) is 4. The Kier molecular flexibility index (Phi) is 11.6. The normalized spacial score (nSPS) is 17.4. The van der Waals surface area contributed by atoms with E-state index < -0.39 is 0 Å². The second-order valence-electron chi connectivity index (χ2n) is 11.8. The maximum Gasteiger partial charge on any atom is 1.00 e. The van der Waals surface area contributed by atoms with Crippen molar-refractivity contribution in [2.24, 2.45) is 0 Å². The van der Waals surface area contributed by atoms with Crippen LogP contribution in [0.15, 0.2) is 20.7 Å². The standard InChI is InChI=1S/C16H17ClN2O2S.C16H15ClN2O2S.B.Na.H/c2*17-13-9(8-20)5-6-10-12-15(22-14(10)13)18-11-4-2-1-3-7-19(11)16(12)21;;;/h20H,1-8H2;8H,1-7H2;;;/q;;;+1;-1. The molecule has 0 aromatic carbocycles. The first-order valence-corrected chi connectivity index (χ1v) is 17.7. The summed E-state index contributed by atoms with van der Waals surface area (Å²) in [7, 11) is 0. The van der Waals surface area contributed by atoms with Crippen LogP contribution in [0.4, 0.5) is 0 Å². The summed E-state index contributed by atoms with van der Waals surface area (Å²) in [5.41, 5.74) is 3.66. The van der Waals surface area contributed by atoms with E-state index in [2.05, 4.69) is 0 Å². The van der Waals surface area contributed by atoms with E-state index in [1.165, 1.54) is 22.7 Å². The third kappa shape index (κ3) is 6.20. The van der Waals surface area contributed by atoms with E-state index in [1.807, 2.05) is 9.13 Å². The van der Waals surface area contributed by atoms with Crippen molar-refractivity contribution in [1.82, 2.24) is 19.1 Å². The van der Waals surface area contributed by atoms with Gasteiger partial charge < -0.3 is 6.53 Å². The fourth-order valence-corrected chi connectivity index (χ4v) is 9.99. The molecule has 8 rings (SSSR count). The van der Waals surface area contributed by atoms with Crippen LogP contribution < -0.4 is 40.7 Å². The number of aliphatic hydroxyl groups is 1. The Morgan fingerprint density at radius 2 is 1.24 bits per heavy atom. The number of rotatable bonds is 2. The number of hydrogen-bond acceptors (Lipinski definition) is 8. The minimum atomic E-state index is -0.0184. The van der Waals surface area contributed by atoms with Crippen molar-refractivity contribution in [2.75, 3.05) is 6.61 Å². The number of halogens is 2. The molecule has 0 saturated heterocycles. The molecule has 6 heterocycles. The topological polar surface area (TPSA) is 107 Å². The van der Waals surface area contributed by atoms with E-state index in [0.717, 1.165) is 137 Å². The number of aromatic nitrogens is 4. The van der Waals surface area contributed by atoms with Crippen LogP contribution in [0, 0.1) is 0 Å². The van der Waals surface area contributed by atoms with E-state index in [0.29, 0.717) is 33.9 Å². The average Bonchev–Trinajstić information content (AvgIpc) is 3.36. The first-order valence-electron chi connectivity index (χ1n) is 15.3. The minimum absolute atomic E-state index is 0. The second kappa shape index (κ2) is 14.9. The van der Waals surface area contributed by atoms with Crippen molar-refractivity contribution < 1.29 is 40.9 Å². The predicted octanol–water partition coefficient (Wildman–Crippen LogP) is 3.09. The SMILES string of the molecule is O=CC1=C(Cl)c2sc3nc4n(c(=O)c3c2CC1)CCCCC4.O=c1c2c3c(sc2nc2n1CCCCC2)C(Cl)=C(CO)CC3.[B].[H-].[Na+]. The Morgan fingerprint density at radius 3 is 1.74 bits per heavy atom. The smallest absolute Gasteiger partial charge is 1.00 e. The molecule has 46 heavy (non-hydrogen) atoms. The second-order valence-corrected chi connectivity index (χ2v) is 14.6. The zero-order valence-corrected chi connectivity index (χ0v) is 30.9. The number of aryl methyl sites for hydroxylation is 4. The van der Waals surface area contributed by atoms with Gasteiger partial charge in [0.15, 0.2) is 0 Å². The van der Waals surface area contributed by atoms with Crippen LogP contribution >= 0.6 is 45.9 Å². The Bertz CT molecular complexity index is 2040. The van der Waals surface area contributed by atoms with Crippen molar-refractivity contribution in [3.05, 3.63) is 64.4 Å². The molecular weight excluding hydrogens is 673 g/mol. The number of hydrogen-bond donors (Lipinski definition) is 1. The van der Waals surface area contributed by atoms with Crippen molar-refractivity contribution in [3.63, 3.8) is 0 Å². The summed E-state index contributed by atoms with van der Waals surface area (Å²) in [5.74, 6) is 1.81. The van der Waals surface area contributed by atoms with Crippen molar-refractivity contribution in [2.45, 2.75) is 90.1 Å². The van der Waals surface area contributed by atoms with E-state index in [1.54, 1.807) is 0 Å². The molecule has 4 aromatic rings. The van der Waals surface area contributed by atoms with Gasteiger partial charge in [-0.1, -0.05) is 36.0 Å². The number of carbonyl (C=O) groups is 1. The van der Waals surface area contributed by atoms with Crippen LogP contribution in [0.2, 0.25) is 0 Å². The quantitative estimate of drug-likeness (QED) is 0.254. The molecule has 2 aliphatic heterocycles. The zero-order chi connectivity index (χ0) is 30.5. The van der Waals surface area contributed by atoms with Gasteiger partial charge in [0.2, 0.25) is 0 Å². The molecule has 4 aromatic heterocycles. The van der Waals surface area contributed by atoms with Gasteiger partial charge in [-0.15, -0.1) is 22.7 Å². The van der Waals surface area contributed by atoms with Crippen LogP contribution in [0.1, 0.15) is 85.3 Å². The van der Waals surface area contributed by atoms with Crippen LogP contribution in [-0.2, 0) is 43.6 Å². The van der Waals surface area contributed by atoms with Gasteiger partial charge in [-0.2, -0.15) is 0 Å². The number of aldehydes is 1. The largest absolute Gasteiger partial charge is 1.00 e. The number of thiophene rings is 2. The van der Waals surface area contributed by atoms with E-state index in [-0.39, 0.29) is 57.1 Å². The molecule has 0 unspecified atom stereocenters. The van der Waals surface area contributed by atoms with Crippen LogP contribution in [0.3, 0.4) is 0 Å². The molecule has 0 amide bonds. The van der Waals surface area contributed by atoms with Gasteiger partial charge in [-0.3, -0.25) is 23.5 Å². The van der Waals surface area contributed by atoms with Crippen LogP contribution in [-0.4, -0.2) is 45.5 Å². The number of carbonyl (C=O) groups excluding carboxylic acids is 1. The monoisotopic (exact) mass is 705 g/mol. The fraction of sp³-hybridized carbons (Fsp3) is 0.469. The Labute approximate surface area is 309 Å². The zero-order valence-electron chi connectivity index (χ0n) is 26.8. The third-order valence-corrected chi connectivity index (χ3v) is 12.6. The molecule has 235 valence electrons. The molecule has 0 fully saturated rings.